The largest absolute Gasteiger partial charge is 0.455 e. The smallest absolute Gasteiger partial charge is 0.143 e. The molecule has 2 nitrogen and oxygen atoms in total. The Bertz CT molecular complexity index is 2840. The third kappa shape index (κ3) is 4.70. The highest BCUT2D eigenvalue weighted by Gasteiger charge is 2.19. The van der Waals surface area contributed by atoms with Gasteiger partial charge >= 0.3 is 0 Å². The van der Waals surface area contributed by atoms with E-state index in [0.29, 0.717) is 0 Å². The molecule has 0 N–H and O–H groups in total. The van der Waals surface area contributed by atoms with E-state index in [1.54, 1.807) is 0 Å². The Labute approximate surface area is 287 Å². The van der Waals surface area contributed by atoms with Gasteiger partial charge in [0.1, 0.15) is 11.2 Å². The van der Waals surface area contributed by atoms with Crippen LogP contribution in [-0.2, 0) is 0 Å². The molecule has 10 rings (SSSR count). The Balaban J connectivity index is 1.25. The fourth-order valence-corrected chi connectivity index (χ4v) is 8.42. The first-order valence-electron chi connectivity index (χ1n) is 16.6. The molecule has 2 aromatic heterocycles. The molecule has 0 saturated carbocycles. The lowest BCUT2D eigenvalue weighted by Gasteiger charge is -2.27. The summed E-state index contributed by atoms with van der Waals surface area (Å²) in [6.45, 7) is 0. The molecule has 3 heteroatoms. The standard InChI is InChI=1S/C46H29NOS/c1-2-11-30(12-3-1)33-25-34(38-17-10-18-42-39-15-6-8-19-43(39)48-46(38)42)28-37(27-33)47(35-22-21-31-13-4-5-14-32(31)26-35)36-23-24-41-40-16-7-9-20-44(40)49-45(41)29-36/h1-29H. The van der Waals surface area contributed by atoms with Crippen LogP contribution in [0.4, 0.5) is 17.1 Å². The van der Waals surface area contributed by atoms with Gasteiger partial charge in [-0.05, 0) is 82.1 Å². The molecule has 0 radical (unpaired) electrons. The van der Waals surface area contributed by atoms with Crippen LogP contribution < -0.4 is 4.90 Å². The van der Waals surface area contributed by atoms with Crippen molar-refractivity contribution in [1.29, 1.82) is 0 Å². The molecule has 8 aromatic carbocycles. The highest BCUT2D eigenvalue weighted by atomic mass is 32.1. The summed E-state index contributed by atoms with van der Waals surface area (Å²) in [6.07, 6.45) is 0. The summed E-state index contributed by atoms with van der Waals surface area (Å²) >= 11 is 1.85. The van der Waals surface area contributed by atoms with Crippen molar-refractivity contribution in [3.63, 3.8) is 0 Å². The molecule has 2 heterocycles. The van der Waals surface area contributed by atoms with E-state index in [1.165, 1.54) is 36.5 Å². The Morgan fingerprint density at radius 3 is 2.00 bits per heavy atom. The number of hydrogen-bond acceptors (Lipinski definition) is 3. The SMILES string of the molecule is c1ccc(-c2cc(-c3cccc4c3oc3ccccc34)cc(N(c3ccc4ccccc4c3)c3ccc4c(c3)sc3ccccc34)c2)cc1. The van der Waals surface area contributed by atoms with Crippen LogP contribution in [0.1, 0.15) is 0 Å². The quantitative estimate of drug-likeness (QED) is 0.186. The Morgan fingerprint density at radius 2 is 1.08 bits per heavy atom. The molecule has 0 spiro atoms. The van der Waals surface area contributed by atoms with E-state index in [0.717, 1.165) is 55.7 Å². The van der Waals surface area contributed by atoms with Crippen molar-refractivity contribution in [2.45, 2.75) is 0 Å². The Hall–Kier alpha value is -6.16. The summed E-state index contributed by atoms with van der Waals surface area (Å²) in [6, 6.07) is 63.4. The van der Waals surface area contributed by atoms with Crippen LogP contribution in [0.2, 0.25) is 0 Å². The maximum atomic E-state index is 6.57. The number of furan rings is 1. The Kier molecular flexibility index (Phi) is 6.39. The Morgan fingerprint density at radius 1 is 0.388 bits per heavy atom. The summed E-state index contributed by atoms with van der Waals surface area (Å²) in [4.78, 5) is 2.41. The minimum absolute atomic E-state index is 0.902. The number of anilines is 3. The van der Waals surface area contributed by atoms with Crippen molar-refractivity contribution < 1.29 is 4.42 Å². The molecule has 0 fully saturated rings. The van der Waals surface area contributed by atoms with Gasteiger partial charge in [0, 0.05) is 53.6 Å². The van der Waals surface area contributed by atoms with Crippen LogP contribution in [0.5, 0.6) is 0 Å². The van der Waals surface area contributed by atoms with Gasteiger partial charge in [0.05, 0.1) is 0 Å². The molecule has 49 heavy (non-hydrogen) atoms. The molecular formula is C46H29NOS. The molecule has 10 aromatic rings. The maximum absolute atomic E-state index is 6.57. The molecule has 0 aliphatic heterocycles. The van der Waals surface area contributed by atoms with Crippen LogP contribution in [0.15, 0.2) is 180 Å². The van der Waals surface area contributed by atoms with Crippen molar-refractivity contribution in [2.75, 3.05) is 4.90 Å². The second-order valence-corrected chi connectivity index (χ2v) is 13.6. The zero-order chi connectivity index (χ0) is 32.3. The number of hydrogen-bond donors (Lipinski definition) is 0. The normalized spacial score (nSPS) is 11.7. The number of benzene rings is 8. The monoisotopic (exact) mass is 643 g/mol. The number of para-hydroxylation sites is 2. The van der Waals surface area contributed by atoms with Crippen molar-refractivity contribution >= 4 is 81.3 Å². The summed E-state index contributed by atoms with van der Waals surface area (Å²) in [5.41, 5.74) is 9.61. The highest BCUT2D eigenvalue weighted by Crippen LogP contribution is 2.44. The second-order valence-electron chi connectivity index (χ2n) is 12.6. The van der Waals surface area contributed by atoms with E-state index in [4.69, 9.17) is 4.42 Å². The second kappa shape index (κ2) is 11.2. The predicted molar refractivity (Wildman–Crippen MR) is 210 cm³/mol. The molecule has 0 saturated heterocycles. The third-order valence-electron chi connectivity index (χ3n) is 9.61. The first-order valence-corrected chi connectivity index (χ1v) is 17.4. The van der Waals surface area contributed by atoms with Crippen LogP contribution >= 0.6 is 11.3 Å². The molecule has 0 aliphatic rings. The molecule has 0 aliphatic carbocycles. The zero-order valence-corrected chi connectivity index (χ0v) is 27.3. The fraction of sp³-hybridized carbons (Fsp3) is 0. The van der Waals surface area contributed by atoms with Gasteiger partial charge in [-0.3, -0.25) is 0 Å². The molecule has 0 unspecified atom stereocenters. The average molecular weight is 644 g/mol. The van der Waals surface area contributed by atoms with Crippen LogP contribution in [0, 0.1) is 0 Å². The highest BCUT2D eigenvalue weighted by molar-refractivity contribution is 7.25. The summed E-state index contributed by atoms with van der Waals surface area (Å²) < 4.78 is 9.15. The van der Waals surface area contributed by atoms with E-state index in [9.17, 15) is 0 Å². The van der Waals surface area contributed by atoms with Gasteiger partial charge in [-0.2, -0.15) is 0 Å². The molecule has 0 atom stereocenters. The van der Waals surface area contributed by atoms with Crippen molar-refractivity contribution in [2.24, 2.45) is 0 Å². The van der Waals surface area contributed by atoms with Crippen molar-refractivity contribution in [3.8, 4) is 22.3 Å². The molecule has 0 amide bonds. The summed E-state index contributed by atoms with van der Waals surface area (Å²) in [5, 5.41) is 7.28. The third-order valence-corrected chi connectivity index (χ3v) is 10.7. The lowest BCUT2D eigenvalue weighted by atomic mass is 9.96. The fourth-order valence-electron chi connectivity index (χ4n) is 7.28. The van der Waals surface area contributed by atoms with Gasteiger partial charge in [-0.15, -0.1) is 11.3 Å². The lowest BCUT2D eigenvalue weighted by molar-refractivity contribution is 0.670. The first-order chi connectivity index (χ1) is 24.3. The minimum Gasteiger partial charge on any atom is -0.455 e. The van der Waals surface area contributed by atoms with E-state index < -0.39 is 0 Å². The van der Waals surface area contributed by atoms with Crippen LogP contribution in [0.25, 0.3) is 75.1 Å². The topological polar surface area (TPSA) is 16.4 Å². The molecule has 230 valence electrons. The van der Waals surface area contributed by atoms with Gasteiger partial charge in [0.25, 0.3) is 0 Å². The summed E-state index contributed by atoms with van der Waals surface area (Å²) in [7, 11) is 0. The van der Waals surface area contributed by atoms with Crippen molar-refractivity contribution in [1.82, 2.24) is 0 Å². The average Bonchev–Trinajstić information content (AvgIpc) is 3.73. The maximum Gasteiger partial charge on any atom is 0.143 e. The molecule has 0 bridgehead atoms. The minimum atomic E-state index is 0.902. The van der Waals surface area contributed by atoms with E-state index in [-0.39, 0.29) is 0 Å². The lowest BCUT2D eigenvalue weighted by Crippen LogP contribution is -2.10. The predicted octanol–water partition coefficient (Wildman–Crippen LogP) is 13.9. The summed E-state index contributed by atoms with van der Waals surface area (Å²) in [5.74, 6) is 0. The van der Waals surface area contributed by atoms with Crippen molar-refractivity contribution in [3.05, 3.63) is 176 Å². The number of thiophene rings is 1. The van der Waals surface area contributed by atoms with Crippen LogP contribution in [-0.4, -0.2) is 0 Å². The van der Waals surface area contributed by atoms with Gasteiger partial charge in [-0.1, -0.05) is 121 Å². The zero-order valence-electron chi connectivity index (χ0n) is 26.5. The van der Waals surface area contributed by atoms with E-state index >= 15 is 0 Å². The van der Waals surface area contributed by atoms with E-state index in [1.807, 2.05) is 17.4 Å². The van der Waals surface area contributed by atoms with Gasteiger partial charge in [0.15, 0.2) is 0 Å². The van der Waals surface area contributed by atoms with Crippen LogP contribution in [0.3, 0.4) is 0 Å². The number of fused-ring (bicyclic) bond motifs is 7. The number of rotatable bonds is 5. The van der Waals surface area contributed by atoms with E-state index in [2.05, 4.69) is 175 Å². The van der Waals surface area contributed by atoms with Gasteiger partial charge in [0.2, 0.25) is 0 Å². The van der Waals surface area contributed by atoms with Gasteiger partial charge < -0.3 is 9.32 Å². The van der Waals surface area contributed by atoms with Gasteiger partial charge in [-0.25, -0.2) is 0 Å². The molecular weight excluding hydrogens is 615 g/mol. The first kappa shape index (κ1) is 27.9. The number of nitrogens with zero attached hydrogens (tertiary/aromatic N) is 1.